The van der Waals surface area contributed by atoms with Gasteiger partial charge in [0.25, 0.3) is 0 Å². The van der Waals surface area contributed by atoms with E-state index in [9.17, 15) is 9.59 Å². The zero-order chi connectivity index (χ0) is 15.4. The van der Waals surface area contributed by atoms with Gasteiger partial charge in [-0.1, -0.05) is 34.1 Å². The summed E-state index contributed by atoms with van der Waals surface area (Å²) in [6, 6.07) is 12.3. The zero-order valence-electron chi connectivity index (χ0n) is 11.4. The van der Waals surface area contributed by atoms with Crippen LogP contribution in [0.15, 0.2) is 46.9 Å². The highest BCUT2D eigenvalue weighted by atomic mass is 79.9. The lowest BCUT2D eigenvalue weighted by atomic mass is 10.1. The summed E-state index contributed by atoms with van der Waals surface area (Å²) in [4.78, 5) is 23.0. The summed E-state index contributed by atoms with van der Waals surface area (Å²) in [5.74, 6) is -1.19. The van der Waals surface area contributed by atoms with Crippen molar-refractivity contribution in [1.29, 1.82) is 0 Å². The second-order valence-corrected chi connectivity index (χ2v) is 5.60. The number of rotatable bonds is 4. The second kappa shape index (κ2) is 6.54. The molecule has 0 aliphatic rings. The van der Waals surface area contributed by atoms with Gasteiger partial charge in [-0.25, -0.2) is 4.79 Å². The number of hydrogen-bond acceptors (Lipinski definition) is 2. The van der Waals surface area contributed by atoms with Gasteiger partial charge in [-0.15, -0.1) is 0 Å². The van der Waals surface area contributed by atoms with Gasteiger partial charge in [0, 0.05) is 10.2 Å². The van der Waals surface area contributed by atoms with E-state index in [1.165, 1.54) is 6.07 Å². The molecule has 21 heavy (non-hydrogen) atoms. The molecule has 2 rings (SSSR count). The van der Waals surface area contributed by atoms with Crippen molar-refractivity contribution in [2.45, 2.75) is 13.3 Å². The Balaban J connectivity index is 2.07. The van der Waals surface area contributed by atoms with Gasteiger partial charge in [-0.2, -0.15) is 0 Å². The van der Waals surface area contributed by atoms with E-state index >= 15 is 0 Å². The molecule has 2 N–H and O–H groups in total. The molecule has 1 amide bonds. The Morgan fingerprint density at radius 2 is 1.81 bits per heavy atom. The fourth-order valence-corrected chi connectivity index (χ4v) is 2.19. The van der Waals surface area contributed by atoms with Gasteiger partial charge in [0.15, 0.2) is 0 Å². The lowest BCUT2D eigenvalue weighted by Crippen LogP contribution is -2.15. The van der Waals surface area contributed by atoms with Crippen LogP contribution in [-0.4, -0.2) is 17.0 Å². The maximum Gasteiger partial charge on any atom is 0.336 e. The van der Waals surface area contributed by atoms with E-state index in [-0.39, 0.29) is 17.9 Å². The average Bonchev–Trinajstić information content (AvgIpc) is 2.43. The van der Waals surface area contributed by atoms with Gasteiger partial charge >= 0.3 is 5.97 Å². The van der Waals surface area contributed by atoms with E-state index in [0.29, 0.717) is 11.3 Å². The molecule has 4 nitrogen and oxygen atoms in total. The van der Waals surface area contributed by atoms with E-state index in [1.54, 1.807) is 19.1 Å². The lowest BCUT2D eigenvalue weighted by molar-refractivity contribution is -0.115. The van der Waals surface area contributed by atoms with Crippen LogP contribution >= 0.6 is 15.9 Å². The molecule has 0 aromatic heterocycles. The smallest absolute Gasteiger partial charge is 0.336 e. The van der Waals surface area contributed by atoms with Crippen LogP contribution in [0.25, 0.3) is 0 Å². The molecular formula is C16H14BrNO3. The number of carboxylic acids is 1. The molecule has 0 saturated heterocycles. The predicted molar refractivity (Wildman–Crippen MR) is 84.6 cm³/mol. The highest BCUT2D eigenvalue weighted by Gasteiger charge is 2.10. The van der Waals surface area contributed by atoms with Gasteiger partial charge in [0.2, 0.25) is 5.91 Å². The Kier molecular flexibility index (Phi) is 4.75. The molecule has 0 unspecified atom stereocenters. The standard InChI is InChI=1S/C16H14BrNO3/c1-10-2-7-13(9-14(10)16(20)21)18-15(19)8-11-3-5-12(17)6-4-11/h2-7,9H,8H2,1H3,(H,18,19)(H,20,21). The molecule has 0 aliphatic carbocycles. The van der Waals surface area contributed by atoms with Gasteiger partial charge in [0.05, 0.1) is 12.0 Å². The minimum atomic E-state index is -1.00. The fraction of sp³-hybridized carbons (Fsp3) is 0.125. The first kappa shape index (κ1) is 15.3. The molecule has 0 atom stereocenters. The van der Waals surface area contributed by atoms with E-state index in [1.807, 2.05) is 24.3 Å². The maximum absolute atomic E-state index is 12.0. The third-order valence-electron chi connectivity index (χ3n) is 3.03. The van der Waals surface area contributed by atoms with E-state index in [0.717, 1.165) is 10.0 Å². The van der Waals surface area contributed by atoms with Crippen molar-refractivity contribution in [2.75, 3.05) is 5.32 Å². The Morgan fingerprint density at radius 1 is 1.14 bits per heavy atom. The molecule has 108 valence electrons. The zero-order valence-corrected chi connectivity index (χ0v) is 13.0. The third-order valence-corrected chi connectivity index (χ3v) is 3.56. The molecule has 0 bridgehead atoms. The van der Waals surface area contributed by atoms with Crippen LogP contribution in [-0.2, 0) is 11.2 Å². The molecule has 0 spiro atoms. The molecule has 0 fully saturated rings. The number of carboxylic acid groups (broad SMARTS) is 1. The van der Waals surface area contributed by atoms with E-state index < -0.39 is 5.97 Å². The summed E-state index contributed by atoms with van der Waals surface area (Å²) >= 11 is 3.34. The number of nitrogens with one attached hydrogen (secondary N) is 1. The fourth-order valence-electron chi connectivity index (χ4n) is 1.92. The molecule has 5 heteroatoms. The van der Waals surface area contributed by atoms with E-state index in [2.05, 4.69) is 21.2 Å². The van der Waals surface area contributed by atoms with Crippen LogP contribution in [0.2, 0.25) is 0 Å². The maximum atomic E-state index is 12.0. The number of halogens is 1. The Bertz CT molecular complexity index is 680. The summed E-state index contributed by atoms with van der Waals surface area (Å²) in [5.41, 5.74) is 2.23. The first-order valence-corrected chi connectivity index (χ1v) is 7.13. The van der Waals surface area contributed by atoms with Crippen molar-refractivity contribution < 1.29 is 14.7 Å². The topological polar surface area (TPSA) is 66.4 Å². The number of carbonyl (C=O) groups is 2. The minimum Gasteiger partial charge on any atom is -0.478 e. The average molecular weight is 348 g/mol. The van der Waals surface area contributed by atoms with Crippen LogP contribution in [0.1, 0.15) is 21.5 Å². The van der Waals surface area contributed by atoms with Crippen molar-refractivity contribution in [1.82, 2.24) is 0 Å². The summed E-state index contributed by atoms with van der Waals surface area (Å²) in [5, 5.41) is 11.8. The molecular weight excluding hydrogens is 334 g/mol. The van der Waals surface area contributed by atoms with Crippen molar-refractivity contribution in [3.05, 3.63) is 63.6 Å². The molecule has 2 aromatic rings. The molecule has 0 saturated carbocycles. The van der Waals surface area contributed by atoms with Crippen LogP contribution < -0.4 is 5.32 Å². The second-order valence-electron chi connectivity index (χ2n) is 4.69. The number of anilines is 1. The van der Waals surface area contributed by atoms with Crippen LogP contribution in [0, 0.1) is 6.92 Å². The largest absolute Gasteiger partial charge is 0.478 e. The summed E-state index contributed by atoms with van der Waals surface area (Å²) < 4.78 is 0.955. The summed E-state index contributed by atoms with van der Waals surface area (Å²) in [6.45, 7) is 1.72. The van der Waals surface area contributed by atoms with Crippen molar-refractivity contribution in [3.63, 3.8) is 0 Å². The van der Waals surface area contributed by atoms with Crippen LogP contribution in [0.3, 0.4) is 0 Å². The molecule has 2 aromatic carbocycles. The van der Waals surface area contributed by atoms with Gasteiger partial charge in [0.1, 0.15) is 0 Å². The third kappa shape index (κ3) is 4.16. The summed E-state index contributed by atoms with van der Waals surface area (Å²) in [7, 11) is 0. The number of benzene rings is 2. The molecule has 0 radical (unpaired) electrons. The number of amides is 1. The van der Waals surface area contributed by atoms with Gasteiger partial charge in [-0.05, 0) is 42.3 Å². The molecule has 0 heterocycles. The highest BCUT2D eigenvalue weighted by Crippen LogP contribution is 2.16. The SMILES string of the molecule is Cc1ccc(NC(=O)Cc2ccc(Br)cc2)cc1C(=O)O. The van der Waals surface area contributed by atoms with E-state index in [4.69, 9.17) is 5.11 Å². The normalized spacial score (nSPS) is 10.2. The quantitative estimate of drug-likeness (QED) is 0.887. The molecule has 0 aliphatic heterocycles. The van der Waals surface area contributed by atoms with Crippen molar-refractivity contribution in [3.8, 4) is 0 Å². The number of carbonyl (C=O) groups excluding carboxylic acids is 1. The first-order valence-electron chi connectivity index (χ1n) is 6.34. The van der Waals surface area contributed by atoms with Crippen molar-refractivity contribution in [2.24, 2.45) is 0 Å². The monoisotopic (exact) mass is 347 g/mol. The van der Waals surface area contributed by atoms with Gasteiger partial charge in [-0.3, -0.25) is 4.79 Å². The Labute approximate surface area is 130 Å². The Morgan fingerprint density at radius 3 is 2.43 bits per heavy atom. The predicted octanol–water partition coefficient (Wildman–Crippen LogP) is 3.64. The summed E-state index contributed by atoms with van der Waals surface area (Å²) in [6.07, 6.45) is 0.240. The highest BCUT2D eigenvalue weighted by molar-refractivity contribution is 9.10. The minimum absolute atomic E-state index is 0.183. The van der Waals surface area contributed by atoms with Crippen LogP contribution in [0.5, 0.6) is 0 Å². The number of hydrogen-bond donors (Lipinski definition) is 2. The van der Waals surface area contributed by atoms with Gasteiger partial charge < -0.3 is 10.4 Å². The number of aryl methyl sites for hydroxylation is 1. The first-order chi connectivity index (χ1) is 9.95. The Hall–Kier alpha value is -2.14. The lowest BCUT2D eigenvalue weighted by Gasteiger charge is -2.08. The number of aromatic carboxylic acids is 1. The van der Waals surface area contributed by atoms with Crippen LogP contribution in [0.4, 0.5) is 5.69 Å². The van der Waals surface area contributed by atoms with Crippen molar-refractivity contribution >= 4 is 33.5 Å².